The molecule has 1 aromatic rings. The molecule has 0 bridgehead atoms. The lowest BCUT2D eigenvalue weighted by molar-refractivity contribution is -0.119. The lowest BCUT2D eigenvalue weighted by atomic mass is 9.92. The topological polar surface area (TPSA) is 17.1 Å². The van der Waals surface area contributed by atoms with Gasteiger partial charge in [-0.3, -0.25) is 4.79 Å². The molecule has 0 N–H and O–H groups in total. The average Bonchev–Trinajstić information content (AvgIpc) is 2.37. The van der Waals surface area contributed by atoms with Crippen molar-refractivity contribution < 1.29 is 4.79 Å². The molecule has 0 aliphatic rings. The molecule has 0 amide bonds. The first-order valence-electron chi connectivity index (χ1n) is 6.92. The molecular weight excluding hydrogens is 244 g/mol. The van der Waals surface area contributed by atoms with Gasteiger partial charge in [0, 0.05) is 17.9 Å². The molecule has 1 rings (SSSR count). The van der Waals surface area contributed by atoms with E-state index < -0.39 is 0 Å². The average molecular weight is 267 g/mol. The summed E-state index contributed by atoms with van der Waals surface area (Å²) in [5, 5.41) is 0.701. The van der Waals surface area contributed by atoms with Crippen molar-refractivity contribution in [1.82, 2.24) is 0 Å². The van der Waals surface area contributed by atoms with E-state index in [4.69, 9.17) is 11.6 Å². The number of carbonyl (C=O) groups excluding carboxylic acids is 1. The summed E-state index contributed by atoms with van der Waals surface area (Å²) in [7, 11) is 0. The third kappa shape index (κ3) is 5.22. The van der Waals surface area contributed by atoms with E-state index in [0.29, 0.717) is 29.6 Å². The van der Waals surface area contributed by atoms with E-state index in [9.17, 15) is 4.79 Å². The zero-order valence-electron chi connectivity index (χ0n) is 11.4. The summed E-state index contributed by atoms with van der Waals surface area (Å²) < 4.78 is 0. The van der Waals surface area contributed by atoms with Crippen molar-refractivity contribution in [1.29, 1.82) is 0 Å². The maximum atomic E-state index is 12.0. The zero-order chi connectivity index (χ0) is 13.4. The third-order valence-corrected chi connectivity index (χ3v) is 3.77. The molecule has 0 radical (unpaired) electrons. The maximum Gasteiger partial charge on any atom is 0.137 e. The quantitative estimate of drug-likeness (QED) is 0.643. The van der Waals surface area contributed by atoms with Crippen molar-refractivity contribution in [2.24, 2.45) is 5.92 Å². The molecule has 1 unspecified atom stereocenters. The molecule has 100 valence electrons. The van der Waals surface area contributed by atoms with Gasteiger partial charge in [0.1, 0.15) is 5.78 Å². The number of Topliss-reactive ketones (excluding diaryl/α,β-unsaturated/α-hetero) is 1. The van der Waals surface area contributed by atoms with Gasteiger partial charge < -0.3 is 0 Å². The molecule has 18 heavy (non-hydrogen) atoms. The van der Waals surface area contributed by atoms with E-state index in [1.807, 2.05) is 24.3 Å². The highest BCUT2D eigenvalue weighted by Gasteiger charge is 2.13. The van der Waals surface area contributed by atoms with Crippen molar-refractivity contribution in [3.8, 4) is 0 Å². The summed E-state index contributed by atoms with van der Waals surface area (Å²) in [5.41, 5.74) is 0.953. The summed E-state index contributed by atoms with van der Waals surface area (Å²) in [6, 6.07) is 7.61. The van der Waals surface area contributed by atoms with E-state index in [2.05, 4.69) is 13.8 Å². The van der Waals surface area contributed by atoms with Gasteiger partial charge >= 0.3 is 0 Å². The van der Waals surface area contributed by atoms with Crippen LogP contribution in [0.25, 0.3) is 0 Å². The van der Waals surface area contributed by atoms with Crippen LogP contribution in [-0.4, -0.2) is 5.78 Å². The first-order valence-corrected chi connectivity index (χ1v) is 7.30. The van der Waals surface area contributed by atoms with Gasteiger partial charge in [0.15, 0.2) is 0 Å². The third-order valence-electron chi connectivity index (χ3n) is 3.41. The van der Waals surface area contributed by atoms with E-state index in [0.717, 1.165) is 12.0 Å². The number of rotatable bonds is 8. The molecule has 1 aromatic carbocycles. The Bertz CT molecular complexity index is 373. The number of unbranched alkanes of at least 4 members (excludes halogenated alkanes) is 1. The number of halogens is 1. The Morgan fingerprint density at radius 1 is 1.28 bits per heavy atom. The maximum absolute atomic E-state index is 12.0. The monoisotopic (exact) mass is 266 g/mol. The molecule has 1 nitrogen and oxygen atoms in total. The molecule has 0 aliphatic heterocycles. The van der Waals surface area contributed by atoms with Crippen LogP contribution in [0.3, 0.4) is 0 Å². The number of hydrogen-bond donors (Lipinski definition) is 0. The summed E-state index contributed by atoms with van der Waals surface area (Å²) in [6.45, 7) is 4.36. The highest BCUT2D eigenvalue weighted by Crippen LogP contribution is 2.20. The second-order valence-corrected chi connectivity index (χ2v) is 5.33. The van der Waals surface area contributed by atoms with E-state index >= 15 is 0 Å². The number of benzene rings is 1. The number of ketones is 1. The second kappa shape index (κ2) is 8.31. The van der Waals surface area contributed by atoms with Gasteiger partial charge in [0.2, 0.25) is 0 Å². The van der Waals surface area contributed by atoms with Crippen molar-refractivity contribution >= 4 is 17.4 Å². The predicted molar refractivity (Wildman–Crippen MR) is 78.1 cm³/mol. The van der Waals surface area contributed by atoms with Crippen LogP contribution >= 0.6 is 11.6 Å². The van der Waals surface area contributed by atoms with Gasteiger partial charge in [-0.1, -0.05) is 69.3 Å². The Morgan fingerprint density at radius 3 is 2.61 bits per heavy atom. The van der Waals surface area contributed by atoms with E-state index in [-0.39, 0.29) is 0 Å². The largest absolute Gasteiger partial charge is 0.299 e. The summed E-state index contributed by atoms with van der Waals surface area (Å²) >= 11 is 6.07. The van der Waals surface area contributed by atoms with Crippen LogP contribution in [-0.2, 0) is 11.2 Å². The van der Waals surface area contributed by atoms with Gasteiger partial charge in [-0.25, -0.2) is 0 Å². The van der Waals surface area contributed by atoms with Crippen LogP contribution in [0, 0.1) is 5.92 Å². The second-order valence-electron chi connectivity index (χ2n) is 4.93. The lowest BCUT2D eigenvalue weighted by Crippen LogP contribution is -2.10. The van der Waals surface area contributed by atoms with Gasteiger partial charge in [-0.05, 0) is 17.5 Å². The molecule has 2 heteroatoms. The minimum absolute atomic E-state index is 0.311. The van der Waals surface area contributed by atoms with Crippen molar-refractivity contribution in [2.75, 3.05) is 0 Å². The van der Waals surface area contributed by atoms with Gasteiger partial charge in [-0.2, -0.15) is 0 Å². The van der Waals surface area contributed by atoms with Crippen LogP contribution in [0.15, 0.2) is 24.3 Å². The molecular formula is C16H23ClO. The minimum atomic E-state index is 0.311. The fourth-order valence-electron chi connectivity index (χ4n) is 2.19. The highest BCUT2D eigenvalue weighted by molar-refractivity contribution is 6.31. The molecule has 0 saturated carbocycles. The van der Waals surface area contributed by atoms with Crippen molar-refractivity contribution in [3.05, 3.63) is 34.9 Å². The normalized spacial score (nSPS) is 12.4. The molecule has 0 aliphatic carbocycles. The molecule has 1 atom stereocenters. The van der Waals surface area contributed by atoms with Crippen LogP contribution in [0.1, 0.15) is 51.5 Å². The Labute approximate surface area is 116 Å². The number of hydrogen-bond acceptors (Lipinski definition) is 1. The Hall–Kier alpha value is -0.820. The minimum Gasteiger partial charge on any atom is -0.299 e. The molecule has 0 heterocycles. The summed E-state index contributed by atoms with van der Waals surface area (Å²) in [6.07, 6.45) is 5.85. The fraction of sp³-hybridized carbons (Fsp3) is 0.562. The van der Waals surface area contributed by atoms with Crippen molar-refractivity contribution in [3.63, 3.8) is 0 Å². The summed E-state index contributed by atoms with van der Waals surface area (Å²) in [4.78, 5) is 12.0. The van der Waals surface area contributed by atoms with Crippen LogP contribution in [0.5, 0.6) is 0 Å². The molecule has 0 saturated heterocycles. The van der Waals surface area contributed by atoms with Crippen molar-refractivity contribution in [2.45, 2.75) is 52.4 Å². The molecule has 0 spiro atoms. The first-order chi connectivity index (χ1) is 8.67. The van der Waals surface area contributed by atoms with Gasteiger partial charge in [0.05, 0.1) is 0 Å². The van der Waals surface area contributed by atoms with E-state index in [1.165, 1.54) is 19.3 Å². The van der Waals surface area contributed by atoms with E-state index in [1.54, 1.807) is 0 Å². The van der Waals surface area contributed by atoms with Crippen LogP contribution in [0.2, 0.25) is 5.02 Å². The molecule has 0 aromatic heterocycles. The van der Waals surface area contributed by atoms with Crippen LogP contribution < -0.4 is 0 Å². The smallest absolute Gasteiger partial charge is 0.137 e. The first kappa shape index (κ1) is 15.2. The zero-order valence-corrected chi connectivity index (χ0v) is 12.2. The Balaban J connectivity index is 2.48. The van der Waals surface area contributed by atoms with Crippen LogP contribution in [0.4, 0.5) is 0 Å². The Morgan fingerprint density at radius 2 is 2.00 bits per heavy atom. The van der Waals surface area contributed by atoms with Gasteiger partial charge in [0.25, 0.3) is 0 Å². The van der Waals surface area contributed by atoms with Gasteiger partial charge in [-0.15, -0.1) is 0 Å². The highest BCUT2D eigenvalue weighted by atomic mass is 35.5. The fourth-order valence-corrected chi connectivity index (χ4v) is 2.39. The standard InChI is InChI=1S/C16H23ClO/c1-3-5-8-13(4-2)11-15(18)12-14-9-6-7-10-16(14)17/h6-7,9-10,13H,3-5,8,11-12H2,1-2H3. The molecule has 0 fully saturated rings. The lowest BCUT2D eigenvalue weighted by Gasteiger charge is -2.13. The predicted octanol–water partition coefficient (Wildman–Crippen LogP) is 5.06. The summed E-state index contributed by atoms with van der Waals surface area (Å²) in [5.74, 6) is 0.853. The number of carbonyl (C=O) groups is 1. The Kier molecular flexibility index (Phi) is 7.04. The SMILES string of the molecule is CCCCC(CC)CC(=O)Cc1ccccc1Cl.